The summed E-state index contributed by atoms with van der Waals surface area (Å²) in [7, 11) is 0. The number of esters is 2. The molecule has 0 aliphatic heterocycles. The van der Waals surface area contributed by atoms with E-state index in [1.165, 1.54) is 18.2 Å². The van der Waals surface area contributed by atoms with Crippen molar-refractivity contribution in [3.05, 3.63) is 30.1 Å². The maximum Gasteiger partial charge on any atom is 0.311 e. The zero-order chi connectivity index (χ0) is 16.4. The van der Waals surface area contributed by atoms with Crippen LogP contribution in [0.25, 0.3) is 0 Å². The van der Waals surface area contributed by atoms with Crippen LogP contribution in [0.15, 0.2) is 24.3 Å². The van der Waals surface area contributed by atoms with Crippen molar-refractivity contribution in [2.24, 2.45) is 0 Å². The van der Waals surface area contributed by atoms with Crippen LogP contribution in [0.4, 0.5) is 4.39 Å². The summed E-state index contributed by atoms with van der Waals surface area (Å²) >= 11 is 0. The van der Waals surface area contributed by atoms with Crippen molar-refractivity contribution in [2.45, 2.75) is 58.5 Å². The Morgan fingerprint density at radius 3 is 2.45 bits per heavy atom. The van der Waals surface area contributed by atoms with Gasteiger partial charge in [0.25, 0.3) is 0 Å². The Balaban J connectivity index is 2.27. The van der Waals surface area contributed by atoms with Gasteiger partial charge in [-0.25, -0.2) is 4.39 Å². The van der Waals surface area contributed by atoms with Gasteiger partial charge in [-0.15, -0.1) is 0 Å². The highest BCUT2D eigenvalue weighted by Crippen LogP contribution is 2.16. The first-order valence-electron chi connectivity index (χ1n) is 7.71. The van der Waals surface area contributed by atoms with E-state index in [0.717, 1.165) is 19.3 Å². The van der Waals surface area contributed by atoms with Gasteiger partial charge in [-0.05, 0) is 31.4 Å². The summed E-state index contributed by atoms with van der Waals surface area (Å²) in [5, 5.41) is 0. The van der Waals surface area contributed by atoms with Gasteiger partial charge in [-0.2, -0.15) is 0 Å². The number of carbonyl (C=O) groups excluding carboxylic acids is 2. The van der Waals surface area contributed by atoms with Gasteiger partial charge in [-0.1, -0.05) is 32.4 Å². The number of benzene rings is 1. The Bertz CT molecular complexity index is 487. The Hall–Kier alpha value is -1.91. The van der Waals surface area contributed by atoms with Gasteiger partial charge in [0.05, 0.1) is 0 Å². The minimum atomic E-state index is -0.583. The van der Waals surface area contributed by atoms with E-state index in [2.05, 4.69) is 0 Å². The number of hydrogen-bond donors (Lipinski definition) is 0. The molecule has 1 rings (SSSR count). The molecule has 22 heavy (non-hydrogen) atoms. The zero-order valence-electron chi connectivity index (χ0n) is 13.1. The number of para-hydroxylation sites is 1. The van der Waals surface area contributed by atoms with Crippen molar-refractivity contribution in [2.75, 3.05) is 0 Å². The molecule has 0 bridgehead atoms. The van der Waals surface area contributed by atoms with E-state index >= 15 is 0 Å². The first-order chi connectivity index (χ1) is 10.6. The van der Waals surface area contributed by atoms with E-state index in [1.54, 1.807) is 6.07 Å². The highest BCUT2D eigenvalue weighted by Gasteiger charge is 2.13. The molecule has 4 nitrogen and oxygen atoms in total. The monoisotopic (exact) mass is 310 g/mol. The van der Waals surface area contributed by atoms with Crippen LogP contribution in [0.5, 0.6) is 5.75 Å². The molecule has 0 aliphatic rings. The summed E-state index contributed by atoms with van der Waals surface area (Å²) < 4.78 is 23.5. The van der Waals surface area contributed by atoms with Crippen LogP contribution >= 0.6 is 0 Å². The van der Waals surface area contributed by atoms with Gasteiger partial charge in [0.1, 0.15) is 6.10 Å². The lowest BCUT2D eigenvalue weighted by atomic mass is 10.1. The Labute approximate surface area is 130 Å². The van der Waals surface area contributed by atoms with Crippen molar-refractivity contribution in [3.8, 4) is 5.75 Å². The molecule has 0 spiro atoms. The first kappa shape index (κ1) is 18.1. The van der Waals surface area contributed by atoms with E-state index in [1.807, 2.05) is 13.8 Å². The second-order valence-electron chi connectivity index (χ2n) is 5.07. The van der Waals surface area contributed by atoms with Crippen molar-refractivity contribution in [1.29, 1.82) is 0 Å². The van der Waals surface area contributed by atoms with Crippen molar-refractivity contribution >= 4 is 11.9 Å². The van der Waals surface area contributed by atoms with E-state index in [4.69, 9.17) is 9.47 Å². The zero-order valence-corrected chi connectivity index (χ0v) is 13.1. The number of ether oxygens (including phenoxy) is 2. The van der Waals surface area contributed by atoms with Gasteiger partial charge in [0.2, 0.25) is 0 Å². The first-order valence-corrected chi connectivity index (χ1v) is 7.71. The molecule has 1 aromatic carbocycles. The standard InChI is InChI=1S/C17H23FO4/c1-3-8-13(4-2)21-16(19)11-7-12-17(20)22-15-10-6-5-9-14(15)18/h5-6,9-10,13H,3-4,7-8,11-12H2,1-2H3. The molecule has 0 aliphatic carbocycles. The fraction of sp³-hybridized carbons (Fsp3) is 0.529. The SMILES string of the molecule is CCCC(CC)OC(=O)CCCC(=O)Oc1ccccc1F. The molecule has 0 aromatic heterocycles. The quantitative estimate of drug-likeness (QED) is 0.510. The van der Waals surface area contributed by atoms with Gasteiger partial charge in [-0.3, -0.25) is 9.59 Å². The average Bonchev–Trinajstić information content (AvgIpc) is 2.49. The maximum absolute atomic E-state index is 13.3. The van der Waals surface area contributed by atoms with Crippen molar-refractivity contribution in [1.82, 2.24) is 0 Å². The predicted molar refractivity (Wildman–Crippen MR) is 81.0 cm³/mol. The van der Waals surface area contributed by atoms with Crippen molar-refractivity contribution in [3.63, 3.8) is 0 Å². The maximum atomic E-state index is 13.3. The van der Waals surface area contributed by atoms with Crippen LogP contribution in [-0.4, -0.2) is 18.0 Å². The van der Waals surface area contributed by atoms with E-state index < -0.39 is 11.8 Å². The number of halogens is 1. The summed E-state index contributed by atoms with van der Waals surface area (Å²) in [4.78, 5) is 23.2. The lowest BCUT2D eigenvalue weighted by molar-refractivity contribution is -0.149. The highest BCUT2D eigenvalue weighted by atomic mass is 19.1. The molecule has 0 amide bonds. The molecule has 0 fully saturated rings. The van der Waals surface area contributed by atoms with Crippen LogP contribution in [-0.2, 0) is 14.3 Å². The van der Waals surface area contributed by atoms with Crippen LogP contribution < -0.4 is 4.74 Å². The van der Waals surface area contributed by atoms with Crippen LogP contribution in [0.1, 0.15) is 52.4 Å². The van der Waals surface area contributed by atoms with Gasteiger partial charge in [0.15, 0.2) is 11.6 Å². The lowest BCUT2D eigenvalue weighted by Gasteiger charge is -2.15. The molecule has 0 heterocycles. The molecular weight excluding hydrogens is 287 g/mol. The molecule has 0 N–H and O–H groups in total. The summed E-state index contributed by atoms with van der Waals surface area (Å²) in [5.74, 6) is -1.54. The molecular formula is C17H23FO4. The molecule has 122 valence electrons. The minimum Gasteiger partial charge on any atom is -0.462 e. The average molecular weight is 310 g/mol. The third-order valence-corrected chi connectivity index (χ3v) is 3.19. The molecule has 5 heteroatoms. The van der Waals surface area contributed by atoms with Crippen molar-refractivity contribution < 1.29 is 23.5 Å². The second kappa shape index (κ2) is 9.92. The predicted octanol–water partition coefficient (Wildman–Crippen LogP) is 4.02. The van der Waals surface area contributed by atoms with E-state index in [-0.39, 0.29) is 30.7 Å². The Morgan fingerprint density at radius 2 is 1.82 bits per heavy atom. The largest absolute Gasteiger partial charge is 0.462 e. The Kier molecular flexibility index (Phi) is 8.18. The highest BCUT2D eigenvalue weighted by molar-refractivity contribution is 5.74. The normalized spacial score (nSPS) is 11.8. The summed E-state index contributed by atoms with van der Waals surface area (Å²) in [5.41, 5.74) is 0. The van der Waals surface area contributed by atoms with E-state index in [9.17, 15) is 14.0 Å². The summed E-state index contributed by atoms with van der Waals surface area (Å²) in [6.45, 7) is 4.01. The number of rotatable bonds is 9. The van der Waals surface area contributed by atoms with Gasteiger partial charge < -0.3 is 9.47 Å². The molecule has 1 atom stereocenters. The number of carbonyl (C=O) groups is 2. The lowest BCUT2D eigenvalue weighted by Crippen LogP contribution is -2.17. The van der Waals surface area contributed by atoms with Crippen LogP contribution in [0.3, 0.4) is 0 Å². The molecule has 1 unspecified atom stereocenters. The molecule has 0 saturated heterocycles. The topological polar surface area (TPSA) is 52.6 Å². The summed E-state index contributed by atoms with van der Waals surface area (Å²) in [6.07, 6.45) is 3.07. The van der Waals surface area contributed by atoms with Crippen LogP contribution in [0.2, 0.25) is 0 Å². The molecule has 0 saturated carbocycles. The fourth-order valence-corrected chi connectivity index (χ4v) is 1.99. The third-order valence-electron chi connectivity index (χ3n) is 3.19. The van der Waals surface area contributed by atoms with Gasteiger partial charge >= 0.3 is 11.9 Å². The van der Waals surface area contributed by atoms with E-state index in [0.29, 0.717) is 6.42 Å². The fourth-order valence-electron chi connectivity index (χ4n) is 1.99. The van der Waals surface area contributed by atoms with Gasteiger partial charge in [0, 0.05) is 12.8 Å². The minimum absolute atomic E-state index is 0.0496. The smallest absolute Gasteiger partial charge is 0.311 e. The summed E-state index contributed by atoms with van der Waals surface area (Å²) in [6, 6.07) is 5.71. The third kappa shape index (κ3) is 6.70. The second-order valence-corrected chi connectivity index (χ2v) is 5.07. The molecule has 0 radical (unpaired) electrons. The van der Waals surface area contributed by atoms with Crippen LogP contribution in [0, 0.1) is 5.82 Å². The molecule has 1 aromatic rings. The number of hydrogen-bond acceptors (Lipinski definition) is 4. The Morgan fingerprint density at radius 1 is 1.14 bits per heavy atom.